The molecule has 5 N–H and O–H groups in total. The van der Waals surface area contributed by atoms with Gasteiger partial charge in [0.1, 0.15) is 34.6 Å². The molecule has 0 radical (unpaired) electrons. The minimum Gasteiger partial charge on any atom is -0.505 e. The van der Waals surface area contributed by atoms with Crippen LogP contribution in [0, 0.1) is 15.0 Å². The average Bonchev–Trinajstić information content (AvgIpc) is 2.87. The van der Waals surface area contributed by atoms with Crippen molar-refractivity contribution in [3.8, 4) is 17.2 Å². The fourth-order valence-electron chi connectivity index (χ4n) is 3.34. The lowest BCUT2D eigenvalue weighted by molar-refractivity contribution is -0.730. The molecule has 0 aliphatic rings. The molecule has 0 atom stereocenters. The zero-order valence-electron chi connectivity index (χ0n) is 19.1. The van der Waals surface area contributed by atoms with Gasteiger partial charge in [-0.15, -0.1) is 20.5 Å². The Bertz CT molecular complexity index is 1840. The molecule has 4 aromatic carbocycles. The van der Waals surface area contributed by atoms with E-state index >= 15 is 0 Å². The summed E-state index contributed by atoms with van der Waals surface area (Å²) in [5.74, 6) is -2.06. The van der Waals surface area contributed by atoms with E-state index < -0.39 is 54.3 Å². The predicted molar refractivity (Wildman–Crippen MR) is 132 cm³/mol. The molecule has 0 saturated heterocycles. The molecule has 0 heterocycles. The zero-order valence-corrected chi connectivity index (χ0v) is 20.0. The molecule has 0 spiro atoms. The van der Waals surface area contributed by atoms with Crippen molar-refractivity contribution in [2.24, 2.45) is 20.5 Å². The highest BCUT2D eigenvalue weighted by atomic mass is 32.2. The van der Waals surface area contributed by atoms with Crippen molar-refractivity contribution in [3.05, 3.63) is 75.7 Å². The molecule has 0 unspecified atom stereocenters. The molecule has 0 aliphatic carbocycles. The first kappa shape index (κ1) is 26.5. The Labute approximate surface area is 216 Å². The van der Waals surface area contributed by atoms with Gasteiger partial charge in [0, 0.05) is 23.6 Å². The second-order valence-corrected chi connectivity index (χ2v) is 9.15. The van der Waals surface area contributed by atoms with Crippen LogP contribution in [-0.2, 0) is 10.1 Å². The lowest BCUT2D eigenvalue weighted by atomic mass is 10.1. The van der Waals surface area contributed by atoms with Crippen LogP contribution in [0.15, 0.2) is 86.0 Å². The third kappa shape index (κ3) is 5.58. The summed E-state index contributed by atoms with van der Waals surface area (Å²) in [6.07, 6.45) is 0. The summed E-state index contributed by atoms with van der Waals surface area (Å²) in [4.78, 5) is 20.3. The maximum absolute atomic E-state index is 11.4. The molecule has 17 heteroatoms. The van der Waals surface area contributed by atoms with E-state index in [0.717, 1.165) is 18.2 Å². The number of nitro groups is 1. The first-order valence-corrected chi connectivity index (χ1v) is 11.9. The van der Waals surface area contributed by atoms with Crippen LogP contribution in [-0.4, -0.2) is 43.3 Å². The Kier molecular flexibility index (Phi) is 6.85. The number of nitrogens with zero attached hydrogens (tertiary/aromatic N) is 6. The SMILES string of the molecule is O=[N+]([O-])c1cc(/N=N/c2cc(/N=N/c3cccc4cc(S(=O)(=O)O)ccc34)c(O)cc2O)c(O)c([N+](=O)O)c1. The fourth-order valence-corrected chi connectivity index (χ4v) is 3.86. The van der Waals surface area contributed by atoms with Crippen LogP contribution < -0.4 is 0 Å². The van der Waals surface area contributed by atoms with Crippen molar-refractivity contribution >= 4 is 55.0 Å². The monoisotopic (exact) mass is 555 g/mol. The van der Waals surface area contributed by atoms with Crippen LogP contribution in [0.2, 0.25) is 0 Å². The van der Waals surface area contributed by atoms with Gasteiger partial charge in [0.2, 0.25) is 5.75 Å². The van der Waals surface area contributed by atoms with Crippen molar-refractivity contribution in [3.63, 3.8) is 0 Å². The Morgan fingerprint density at radius 3 is 1.95 bits per heavy atom. The van der Waals surface area contributed by atoms with Crippen LogP contribution in [0.4, 0.5) is 34.1 Å². The van der Waals surface area contributed by atoms with Gasteiger partial charge in [0.25, 0.3) is 20.7 Å². The third-order valence-electron chi connectivity index (χ3n) is 5.20. The summed E-state index contributed by atoms with van der Waals surface area (Å²) in [7, 11) is -4.43. The number of hydrogen-bond donors (Lipinski definition) is 5. The second-order valence-electron chi connectivity index (χ2n) is 7.73. The number of nitro benzene ring substituents is 1. The quantitative estimate of drug-likeness (QED) is 0.0799. The van der Waals surface area contributed by atoms with E-state index in [-0.39, 0.29) is 22.0 Å². The molecule has 0 aliphatic heterocycles. The fraction of sp³-hybridized carbons (Fsp3) is 0. The van der Waals surface area contributed by atoms with E-state index in [1.807, 2.05) is 0 Å². The number of fused-ring (bicyclic) bond motifs is 1. The number of phenolic OH excluding ortho intramolecular Hbond substituents is 3. The van der Waals surface area contributed by atoms with E-state index in [1.54, 1.807) is 18.2 Å². The molecule has 16 nitrogen and oxygen atoms in total. The molecular weight excluding hydrogens is 540 g/mol. The van der Waals surface area contributed by atoms with Gasteiger partial charge in [-0.1, -0.05) is 18.2 Å². The van der Waals surface area contributed by atoms with Gasteiger partial charge < -0.3 is 15.3 Å². The lowest BCUT2D eigenvalue weighted by Crippen LogP contribution is -1.97. The highest BCUT2D eigenvalue weighted by Crippen LogP contribution is 2.43. The second kappa shape index (κ2) is 10.1. The van der Waals surface area contributed by atoms with Gasteiger partial charge >= 0.3 is 5.69 Å². The summed E-state index contributed by atoms with van der Waals surface area (Å²) in [6, 6.07) is 11.7. The van der Waals surface area contributed by atoms with Crippen molar-refractivity contribution in [1.29, 1.82) is 0 Å². The van der Waals surface area contributed by atoms with Gasteiger partial charge in [-0.25, -0.2) is 5.21 Å². The largest absolute Gasteiger partial charge is 0.505 e. The van der Waals surface area contributed by atoms with Gasteiger partial charge in [-0.3, -0.25) is 14.7 Å². The van der Waals surface area contributed by atoms with E-state index in [9.17, 15) is 43.3 Å². The number of rotatable bonds is 7. The molecule has 0 bridgehead atoms. The molecule has 4 rings (SSSR count). The van der Waals surface area contributed by atoms with Crippen LogP contribution >= 0.6 is 0 Å². The van der Waals surface area contributed by atoms with E-state index in [1.165, 1.54) is 18.2 Å². The molecule has 0 fully saturated rings. The number of aromatic hydroxyl groups is 3. The molecular formula is C22H15N6O10S+. The number of benzene rings is 4. The summed E-state index contributed by atoms with van der Waals surface area (Å²) in [6.45, 7) is 0. The minimum absolute atomic E-state index is 0.210. The molecule has 0 saturated carbocycles. The zero-order chi connectivity index (χ0) is 28.5. The summed E-state index contributed by atoms with van der Waals surface area (Å²) in [5.41, 5.74) is -2.45. The number of phenols is 3. The Hall–Kier alpha value is -5.55. The van der Waals surface area contributed by atoms with Gasteiger partial charge in [0.15, 0.2) is 0 Å². The van der Waals surface area contributed by atoms with Gasteiger partial charge in [-0.2, -0.15) is 8.42 Å². The van der Waals surface area contributed by atoms with Gasteiger partial charge in [-0.05, 0) is 23.6 Å². The average molecular weight is 555 g/mol. The summed E-state index contributed by atoms with van der Waals surface area (Å²) >= 11 is 0. The van der Waals surface area contributed by atoms with E-state index in [4.69, 9.17) is 5.21 Å². The maximum atomic E-state index is 11.4. The normalized spacial score (nSPS) is 11.9. The van der Waals surface area contributed by atoms with Crippen LogP contribution in [0.5, 0.6) is 17.2 Å². The van der Waals surface area contributed by atoms with Crippen LogP contribution in [0.3, 0.4) is 0 Å². The minimum atomic E-state index is -4.43. The topological polar surface area (TPSA) is 248 Å². The van der Waals surface area contributed by atoms with Crippen molar-refractivity contribution < 1.29 is 43.3 Å². The Morgan fingerprint density at radius 2 is 1.36 bits per heavy atom. The smallest absolute Gasteiger partial charge is 0.366 e. The Morgan fingerprint density at radius 1 is 0.744 bits per heavy atom. The van der Waals surface area contributed by atoms with Crippen molar-refractivity contribution in [1.82, 2.24) is 0 Å². The lowest BCUT2D eigenvalue weighted by Gasteiger charge is -2.05. The van der Waals surface area contributed by atoms with Crippen LogP contribution in [0.25, 0.3) is 10.8 Å². The van der Waals surface area contributed by atoms with Crippen LogP contribution in [0.1, 0.15) is 0 Å². The molecule has 4 aromatic rings. The van der Waals surface area contributed by atoms with Crippen molar-refractivity contribution in [2.45, 2.75) is 4.90 Å². The summed E-state index contributed by atoms with van der Waals surface area (Å²) in [5, 5.41) is 66.7. The summed E-state index contributed by atoms with van der Waals surface area (Å²) < 4.78 is 32.1. The highest BCUT2D eigenvalue weighted by molar-refractivity contribution is 7.85. The number of hydrogen-bond acceptors (Lipinski definition) is 12. The molecule has 39 heavy (non-hydrogen) atoms. The number of non-ortho nitro benzene ring substituents is 1. The van der Waals surface area contributed by atoms with E-state index in [0.29, 0.717) is 16.8 Å². The number of azo groups is 2. The Balaban J connectivity index is 1.72. The standard InChI is InChI=1S/C22H14N6O10S/c29-20-10-21(30)17(25-26-18-7-12(27(32)33)8-19(22(18)31)28(34)35)9-16(20)24-23-15-3-1-2-11-6-13(39(36,37)38)4-5-14(11)15/h1-10H,(H4-,23,24,25,26,29,30,31,34,35,36,37,38)/p+1. The molecule has 198 valence electrons. The third-order valence-corrected chi connectivity index (χ3v) is 6.05. The first-order chi connectivity index (χ1) is 18.3. The highest BCUT2D eigenvalue weighted by Gasteiger charge is 2.27. The van der Waals surface area contributed by atoms with Gasteiger partial charge in [0.05, 0.1) is 20.4 Å². The first-order valence-electron chi connectivity index (χ1n) is 10.4. The van der Waals surface area contributed by atoms with Crippen molar-refractivity contribution in [2.75, 3.05) is 0 Å². The maximum Gasteiger partial charge on any atom is 0.366 e. The predicted octanol–water partition coefficient (Wildman–Crippen LogP) is 5.74. The molecule has 0 amide bonds. The van der Waals surface area contributed by atoms with E-state index in [2.05, 4.69) is 20.5 Å². The molecule has 0 aromatic heterocycles.